The number of fused-ring (bicyclic) bond motifs is 2. The van der Waals surface area contributed by atoms with Crippen molar-refractivity contribution in [1.82, 2.24) is 0 Å². The molecule has 0 heterocycles. The van der Waals surface area contributed by atoms with Gasteiger partial charge in [-0.05, 0) is 36.7 Å². The zero-order valence-electron chi connectivity index (χ0n) is 13.7. The van der Waals surface area contributed by atoms with Crippen LogP contribution in [0.15, 0.2) is 41.8 Å². The summed E-state index contributed by atoms with van der Waals surface area (Å²) in [6.07, 6.45) is 3.88. The SMILES string of the molecule is CC1(C)[C@@H]2CC[C@@]1(C[S@](=O)/C=C/C(=O)c1ccccc1)[C@H](O)C2. The number of benzene rings is 1. The zero-order chi connectivity index (χ0) is 16.7. The van der Waals surface area contributed by atoms with Crippen molar-refractivity contribution in [3.05, 3.63) is 47.4 Å². The van der Waals surface area contributed by atoms with E-state index in [4.69, 9.17) is 0 Å². The molecule has 0 radical (unpaired) electrons. The highest BCUT2D eigenvalue weighted by molar-refractivity contribution is 7.88. The molecule has 2 saturated carbocycles. The number of rotatable bonds is 5. The molecule has 0 unspecified atom stereocenters. The smallest absolute Gasteiger partial charge is 0.186 e. The molecule has 2 bridgehead atoms. The minimum Gasteiger partial charge on any atom is -0.392 e. The molecule has 2 aliphatic rings. The Morgan fingerprint density at radius 1 is 1.35 bits per heavy atom. The third kappa shape index (κ3) is 2.72. The van der Waals surface area contributed by atoms with Crippen LogP contribution in [-0.4, -0.2) is 27.0 Å². The van der Waals surface area contributed by atoms with Crippen molar-refractivity contribution in [3.8, 4) is 0 Å². The van der Waals surface area contributed by atoms with Crippen LogP contribution in [0, 0.1) is 16.7 Å². The molecule has 3 rings (SSSR count). The second-order valence-corrected chi connectivity index (χ2v) is 8.75. The first-order valence-corrected chi connectivity index (χ1v) is 9.58. The first-order valence-electron chi connectivity index (χ1n) is 8.20. The Balaban J connectivity index is 1.70. The predicted molar refractivity (Wildman–Crippen MR) is 92.5 cm³/mol. The van der Waals surface area contributed by atoms with Gasteiger partial charge in [-0.1, -0.05) is 44.2 Å². The van der Waals surface area contributed by atoms with Gasteiger partial charge in [0.1, 0.15) is 0 Å². The van der Waals surface area contributed by atoms with Crippen molar-refractivity contribution in [3.63, 3.8) is 0 Å². The van der Waals surface area contributed by atoms with E-state index in [0.717, 1.165) is 19.3 Å². The lowest BCUT2D eigenvalue weighted by atomic mass is 9.70. The molecule has 4 atom stereocenters. The fourth-order valence-electron chi connectivity index (χ4n) is 4.52. The van der Waals surface area contributed by atoms with Crippen molar-refractivity contribution in [1.29, 1.82) is 0 Å². The first-order chi connectivity index (χ1) is 10.9. The molecule has 1 N–H and O–H groups in total. The van der Waals surface area contributed by atoms with E-state index in [2.05, 4.69) is 13.8 Å². The number of aliphatic hydroxyl groups is 1. The van der Waals surface area contributed by atoms with Crippen LogP contribution >= 0.6 is 0 Å². The minimum atomic E-state index is -1.25. The highest BCUT2D eigenvalue weighted by Gasteiger charge is 2.63. The van der Waals surface area contributed by atoms with Crippen LogP contribution in [0.1, 0.15) is 43.5 Å². The summed E-state index contributed by atoms with van der Waals surface area (Å²) in [7, 11) is -1.25. The quantitative estimate of drug-likeness (QED) is 0.665. The predicted octanol–water partition coefficient (Wildman–Crippen LogP) is 3.32. The summed E-state index contributed by atoms with van der Waals surface area (Å²) in [6, 6.07) is 8.98. The molecule has 124 valence electrons. The normalized spacial score (nSPS) is 33.2. The largest absolute Gasteiger partial charge is 0.392 e. The highest BCUT2D eigenvalue weighted by Crippen LogP contribution is 2.65. The summed E-state index contributed by atoms with van der Waals surface area (Å²) in [4.78, 5) is 12.1. The standard InChI is InChI=1S/C19H24O3S/c1-18(2)15-8-10-19(18,17(21)12-15)13-23(22)11-9-16(20)14-6-4-3-5-7-14/h3-7,9,11,15,17,21H,8,10,12-13H2,1-2H3/b11-9+/t15-,17-,19-,23-/m1/s1. The van der Waals surface area contributed by atoms with Gasteiger partial charge in [0.05, 0.1) is 6.10 Å². The first kappa shape index (κ1) is 16.6. The van der Waals surface area contributed by atoms with Crippen molar-refractivity contribution in [2.75, 3.05) is 5.75 Å². The summed E-state index contributed by atoms with van der Waals surface area (Å²) in [6.45, 7) is 4.38. The minimum absolute atomic E-state index is 0.0132. The van der Waals surface area contributed by atoms with Gasteiger partial charge >= 0.3 is 0 Å². The average molecular weight is 332 g/mol. The van der Waals surface area contributed by atoms with Crippen LogP contribution < -0.4 is 0 Å². The number of allylic oxidation sites excluding steroid dienone is 1. The summed E-state index contributed by atoms with van der Waals surface area (Å²) >= 11 is 0. The second kappa shape index (κ2) is 5.99. The fourth-order valence-corrected chi connectivity index (χ4v) is 6.11. The topological polar surface area (TPSA) is 54.4 Å². The Labute approximate surface area is 140 Å². The molecule has 0 amide bonds. The van der Waals surface area contributed by atoms with Gasteiger partial charge in [-0.2, -0.15) is 0 Å². The molecule has 0 spiro atoms. The lowest BCUT2D eigenvalue weighted by Gasteiger charge is -2.39. The molecule has 23 heavy (non-hydrogen) atoms. The van der Waals surface area contributed by atoms with E-state index < -0.39 is 10.8 Å². The van der Waals surface area contributed by atoms with E-state index in [-0.39, 0.29) is 22.7 Å². The van der Waals surface area contributed by atoms with Crippen molar-refractivity contribution in [2.45, 2.75) is 39.2 Å². The van der Waals surface area contributed by atoms with E-state index in [1.807, 2.05) is 18.2 Å². The van der Waals surface area contributed by atoms with Crippen molar-refractivity contribution < 1.29 is 14.1 Å². The highest BCUT2D eigenvalue weighted by atomic mass is 32.2. The summed E-state index contributed by atoms with van der Waals surface area (Å²) in [5.41, 5.74) is 0.336. The Morgan fingerprint density at radius 2 is 2.04 bits per heavy atom. The number of carbonyl (C=O) groups excluding carboxylic acids is 1. The Kier molecular flexibility index (Phi) is 4.32. The van der Waals surface area contributed by atoms with E-state index in [9.17, 15) is 14.1 Å². The number of hydrogen-bond acceptors (Lipinski definition) is 3. The van der Waals surface area contributed by atoms with Gasteiger partial charge in [-0.25, -0.2) is 0 Å². The second-order valence-electron chi connectivity index (χ2n) is 7.42. The maximum Gasteiger partial charge on any atom is 0.186 e. The van der Waals surface area contributed by atoms with Crippen LogP contribution in [0.4, 0.5) is 0 Å². The van der Waals surface area contributed by atoms with Crippen molar-refractivity contribution >= 4 is 16.6 Å². The summed E-state index contributed by atoms with van der Waals surface area (Å²) in [5.74, 6) is 0.826. The molecule has 1 aromatic rings. The van der Waals surface area contributed by atoms with Gasteiger partial charge in [-0.15, -0.1) is 0 Å². The van der Waals surface area contributed by atoms with Gasteiger partial charge in [-0.3, -0.25) is 9.00 Å². The maximum atomic E-state index is 12.5. The number of ketones is 1. The van der Waals surface area contributed by atoms with E-state index in [1.165, 1.54) is 11.5 Å². The monoisotopic (exact) mass is 332 g/mol. The fraction of sp³-hybridized carbons (Fsp3) is 0.526. The number of aliphatic hydroxyl groups excluding tert-OH is 1. The van der Waals surface area contributed by atoms with E-state index in [0.29, 0.717) is 17.2 Å². The van der Waals surface area contributed by atoms with Gasteiger partial charge in [0.15, 0.2) is 5.78 Å². The van der Waals surface area contributed by atoms with Gasteiger partial charge in [0.25, 0.3) is 0 Å². The van der Waals surface area contributed by atoms with Crippen LogP contribution in [0.2, 0.25) is 0 Å². The van der Waals surface area contributed by atoms with Gasteiger partial charge in [0, 0.05) is 32.9 Å². The maximum absolute atomic E-state index is 12.5. The van der Waals surface area contributed by atoms with Crippen LogP contribution in [0.3, 0.4) is 0 Å². The molecule has 4 heteroatoms. The van der Waals surface area contributed by atoms with Crippen molar-refractivity contribution in [2.24, 2.45) is 16.7 Å². The molecule has 2 fully saturated rings. The molecular formula is C19H24O3S. The molecular weight excluding hydrogens is 308 g/mol. The van der Waals surface area contributed by atoms with Crippen LogP contribution in [-0.2, 0) is 10.8 Å². The van der Waals surface area contributed by atoms with Gasteiger partial charge in [0.2, 0.25) is 0 Å². The van der Waals surface area contributed by atoms with Crippen LogP contribution in [0.5, 0.6) is 0 Å². The molecule has 0 aliphatic heterocycles. The summed E-state index contributed by atoms with van der Waals surface area (Å²) < 4.78 is 12.5. The summed E-state index contributed by atoms with van der Waals surface area (Å²) in [5, 5.41) is 12.0. The third-order valence-corrected chi connectivity index (χ3v) is 7.46. The Morgan fingerprint density at radius 3 is 2.61 bits per heavy atom. The number of carbonyl (C=O) groups is 1. The number of hydrogen-bond donors (Lipinski definition) is 1. The molecule has 0 saturated heterocycles. The lowest BCUT2D eigenvalue weighted by Crippen LogP contribution is -2.43. The van der Waals surface area contributed by atoms with E-state index >= 15 is 0 Å². The lowest BCUT2D eigenvalue weighted by molar-refractivity contribution is 0.0162. The van der Waals surface area contributed by atoms with E-state index in [1.54, 1.807) is 12.1 Å². The molecule has 3 nitrogen and oxygen atoms in total. The molecule has 2 aliphatic carbocycles. The molecule has 0 aromatic heterocycles. The Bertz CT molecular complexity index is 650. The molecule has 1 aromatic carbocycles. The Hall–Kier alpha value is -1.26. The average Bonchev–Trinajstić information content (AvgIpc) is 2.88. The van der Waals surface area contributed by atoms with Crippen LogP contribution in [0.25, 0.3) is 0 Å². The zero-order valence-corrected chi connectivity index (χ0v) is 14.5. The van der Waals surface area contributed by atoms with Gasteiger partial charge < -0.3 is 5.11 Å². The third-order valence-electron chi connectivity index (χ3n) is 6.22.